The summed E-state index contributed by atoms with van der Waals surface area (Å²) in [5.41, 5.74) is -1.00. The van der Waals surface area contributed by atoms with E-state index in [1.165, 1.54) is 19.2 Å². The molecule has 1 N–H and O–H groups in total. The maximum atomic E-state index is 12.8. The third kappa shape index (κ3) is 2.52. The maximum Gasteiger partial charge on any atom is 0.329 e. The molecule has 1 aliphatic carbocycles. The number of nitrogens with zero attached hydrogens (tertiary/aromatic N) is 1. The molecule has 5 nitrogen and oxygen atoms in total. The van der Waals surface area contributed by atoms with Gasteiger partial charge in [-0.2, -0.15) is 4.31 Å². The molecule has 21 heavy (non-hydrogen) atoms. The van der Waals surface area contributed by atoms with Crippen molar-refractivity contribution in [1.82, 2.24) is 4.31 Å². The Kier molecular flexibility index (Phi) is 4.02. The SMILES string of the molecule is Cc1ccccc1S(=O)(=O)N(C)C1(C(=O)O)C=CC=CC1. The second-order valence-electron chi connectivity index (χ2n) is 4.96. The van der Waals surface area contributed by atoms with E-state index in [4.69, 9.17) is 0 Å². The Morgan fingerprint density at radius 3 is 2.48 bits per heavy atom. The second-order valence-corrected chi connectivity index (χ2v) is 6.90. The zero-order chi connectivity index (χ0) is 15.7. The number of likely N-dealkylation sites (N-methyl/N-ethyl adjacent to an activating group) is 1. The fourth-order valence-electron chi connectivity index (χ4n) is 2.34. The van der Waals surface area contributed by atoms with Crippen molar-refractivity contribution in [3.8, 4) is 0 Å². The van der Waals surface area contributed by atoms with Crippen molar-refractivity contribution in [2.75, 3.05) is 7.05 Å². The highest BCUT2D eigenvalue weighted by atomic mass is 32.2. The van der Waals surface area contributed by atoms with Gasteiger partial charge in [0.25, 0.3) is 0 Å². The number of carbonyl (C=O) groups is 1. The van der Waals surface area contributed by atoms with Crippen molar-refractivity contribution >= 4 is 16.0 Å². The minimum atomic E-state index is -3.91. The molecule has 0 aromatic heterocycles. The third-order valence-electron chi connectivity index (χ3n) is 3.71. The van der Waals surface area contributed by atoms with Gasteiger partial charge < -0.3 is 5.11 Å². The molecule has 1 aliphatic rings. The molecule has 1 atom stereocenters. The molecule has 2 rings (SSSR count). The first-order valence-corrected chi connectivity index (χ1v) is 7.89. The van der Waals surface area contributed by atoms with Gasteiger partial charge >= 0.3 is 5.97 Å². The standard InChI is InChI=1S/C15H17NO4S/c1-12-8-4-5-9-13(12)21(19,20)16(2)15(14(17)18)10-6-3-7-11-15/h3-10H,11H2,1-2H3,(H,17,18). The normalized spacial score (nSPS) is 21.7. The van der Waals surface area contributed by atoms with E-state index in [9.17, 15) is 18.3 Å². The Bertz CT molecular complexity index is 721. The summed E-state index contributed by atoms with van der Waals surface area (Å²) < 4.78 is 26.5. The van der Waals surface area contributed by atoms with Gasteiger partial charge in [-0.05, 0) is 25.0 Å². The molecular formula is C15H17NO4S. The topological polar surface area (TPSA) is 74.7 Å². The first-order valence-electron chi connectivity index (χ1n) is 6.45. The minimum Gasteiger partial charge on any atom is -0.480 e. The number of carboxylic acid groups (broad SMARTS) is 1. The van der Waals surface area contributed by atoms with Gasteiger partial charge in [-0.15, -0.1) is 0 Å². The van der Waals surface area contributed by atoms with Gasteiger partial charge in [-0.1, -0.05) is 42.5 Å². The number of aryl methyl sites for hydroxylation is 1. The summed E-state index contributed by atoms with van der Waals surface area (Å²) in [4.78, 5) is 11.8. The fraction of sp³-hybridized carbons (Fsp3) is 0.267. The Balaban J connectivity index is 2.54. The smallest absolute Gasteiger partial charge is 0.329 e. The van der Waals surface area contributed by atoms with Crippen LogP contribution in [0.25, 0.3) is 0 Å². The van der Waals surface area contributed by atoms with Crippen LogP contribution in [0.15, 0.2) is 53.5 Å². The highest BCUT2D eigenvalue weighted by Gasteiger charge is 2.46. The molecule has 0 saturated carbocycles. The molecule has 0 spiro atoms. The van der Waals surface area contributed by atoms with Crippen LogP contribution in [0.2, 0.25) is 0 Å². The van der Waals surface area contributed by atoms with E-state index in [0.29, 0.717) is 5.56 Å². The van der Waals surface area contributed by atoms with Crippen LogP contribution in [-0.2, 0) is 14.8 Å². The molecule has 1 unspecified atom stereocenters. The summed E-state index contributed by atoms with van der Waals surface area (Å²) in [7, 11) is -2.60. The van der Waals surface area contributed by atoms with Crippen LogP contribution < -0.4 is 0 Å². The summed E-state index contributed by atoms with van der Waals surface area (Å²) in [6.07, 6.45) is 6.42. The van der Waals surface area contributed by atoms with Gasteiger partial charge in [0.15, 0.2) is 5.54 Å². The highest BCUT2D eigenvalue weighted by molar-refractivity contribution is 7.89. The Morgan fingerprint density at radius 2 is 1.95 bits per heavy atom. The maximum absolute atomic E-state index is 12.8. The summed E-state index contributed by atoms with van der Waals surface area (Å²) in [6.45, 7) is 1.69. The van der Waals surface area contributed by atoms with Gasteiger partial charge in [0.05, 0.1) is 4.90 Å². The average Bonchev–Trinajstić information content (AvgIpc) is 2.47. The molecule has 0 saturated heterocycles. The number of allylic oxidation sites excluding steroid dienone is 2. The molecular weight excluding hydrogens is 290 g/mol. The molecule has 0 bridgehead atoms. The van der Waals surface area contributed by atoms with Crippen LogP contribution >= 0.6 is 0 Å². The predicted octanol–water partition coefficient (Wildman–Crippen LogP) is 1.96. The second kappa shape index (κ2) is 5.46. The number of rotatable bonds is 4. The average molecular weight is 307 g/mol. The Labute approximate surface area is 124 Å². The van der Waals surface area contributed by atoms with E-state index in [2.05, 4.69) is 0 Å². The Hall–Kier alpha value is -1.92. The fourth-order valence-corrected chi connectivity index (χ4v) is 4.01. The number of hydrogen-bond donors (Lipinski definition) is 1. The number of carboxylic acids is 1. The van der Waals surface area contributed by atoms with Gasteiger partial charge in [-0.25, -0.2) is 13.2 Å². The lowest BCUT2D eigenvalue weighted by Gasteiger charge is -2.35. The highest BCUT2D eigenvalue weighted by Crippen LogP contribution is 2.31. The molecule has 0 radical (unpaired) electrons. The molecule has 112 valence electrons. The van der Waals surface area contributed by atoms with E-state index in [1.54, 1.807) is 43.4 Å². The number of benzene rings is 1. The zero-order valence-corrected chi connectivity index (χ0v) is 12.7. The minimum absolute atomic E-state index is 0.0977. The zero-order valence-electron chi connectivity index (χ0n) is 11.9. The van der Waals surface area contributed by atoms with Crippen LogP contribution in [-0.4, -0.2) is 36.4 Å². The van der Waals surface area contributed by atoms with Gasteiger partial charge in [0, 0.05) is 7.05 Å². The number of aliphatic carboxylic acids is 1. The third-order valence-corrected chi connectivity index (χ3v) is 5.77. The largest absolute Gasteiger partial charge is 0.480 e. The molecule has 0 aliphatic heterocycles. The van der Waals surface area contributed by atoms with Crippen LogP contribution in [0, 0.1) is 6.92 Å². The molecule has 0 amide bonds. The van der Waals surface area contributed by atoms with Gasteiger partial charge in [0.2, 0.25) is 10.0 Å². The molecule has 1 aromatic rings. The quantitative estimate of drug-likeness (QED) is 0.922. The van der Waals surface area contributed by atoms with Gasteiger partial charge in [0.1, 0.15) is 0 Å². The molecule has 0 heterocycles. The predicted molar refractivity (Wildman–Crippen MR) is 79.4 cm³/mol. The van der Waals surface area contributed by atoms with Crippen LogP contribution in [0.1, 0.15) is 12.0 Å². The van der Waals surface area contributed by atoms with E-state index >= 15 is 0 Å². The van der Waals surface area contributed by atoms with Crippen molar-refractivity contribution in [3.63, 3.8) is 0 Å². The number of hydrogen-bond acceptors (Lipinski definition) is 3. The van der Waals surface area contributed by atoms with Crippen LogP contribution in [0.5, 0.6) is 0 Å². The summed E-state index contributed by atoms with van der Waals surface area (Å²) in [6, 6.07) is 6.53. The van der Waals surface area contributed by atoms with Crippen molar-refractivity contribution in [2.24, 2.45) is 0 Å². The van der Waals surface area contributed by atoms with Crippen molar-refractivity contribution in [2.45, 2.75) is 23.8 Å². The molecule has 1 aromatic carbocycles. The summed E-state index contributed by atoms with van der Waals surface area (Å²) in [5, 5.41) is 9.55. The lowest BCUT2D eigenvalue weighted by Crippen LogP contribution is -2.54. The Morgan fingerprint density at radius 1 is 1.29 bits per heavy atom. The van der Waals surface area contributed by atoms with Crippen LogP contribution in [0.3, 0.4) is 0 Å². The first kappa shape index (κ1) is 15.5. The van der Waals surface area contributed by atoms with Crippen molar-refractivity contribution in [3.05, 3.63) is 54.1 Å². The molecule has 0 fully saturated rings. The van der Waals surface area contributed by atoms with E-state index in [0.717, 1.165) is 4.31 Å². The van der Waals surface area contributed by atoms with E-state index in [-0.39, 0.29) is 11.3 Å². The van der Waals surface area contributed by atoms with Crippen LogP contribution in [0.4, 0.5) is 0 Å². The number of sulfonamides is 1. The molecule has 6 heteroatoms. The lowest BCUT2D eigenvalue weighted by molar-refractivity contribution is -0.145. The van der Waals surface area contributed by atoms with Crippen molar-refractivity contribution < 1.29 is 18.3 Å². The van der Waals surface area contributed by atoms with Gasteiger partial charge in [-0.3, -0.25) is 0 Å². The van der Waals surface area contributed by atoms with E-state index < -0.39 is 21.5 Å². The van der Waals surface area contributed by atoms with E-state index in [1.807, 2.05) is 0 Å². The summed E-state index contributed by atoms with van der Waals surface area (Å²) in [5.74, 6) is -1.19. The van der Waals surface area contributed by atoms with Crippen molar-refractivity contribution in [1.29, 1.82) is 0 Å². The summed E-state index contributed by atoms with van der Waals surface area (Å²) >= 11 is 0. The monoisotopic (exact) mass is 307 g/mol. The first-order chi connectivity index (χ1) is 9.82. The lowest BCUT2D eigenvalue weighted by atomic mass is 9.92.